The van der Waals surface area contributed by atoms with Gasteiger partial charge in [0.05, 0.1) is 0 Å². The molecule has 2 aliphatic rings. The molecule has 1 aliphatic heterocycles. The molecule has 3 nitrogen and oxygen atoms in total. The van der Waals surface area contributed by atoms with E-state index in [-0.39, 0.29) is 5.92 Å². The van der Waals surface area contributed by atoms with E-state index in [1.807, 2.05) is 6.07 Å². The maximum absolute atomic E-state index is 13.0. The zero-order valence-corrected chi connectivity index (χ0v) is 13.9. The number of ketones is 1. The number of fused-ring (bicyclic) bond motifs is 2. The molecule has 3 heteroatoms. The molecule has 120 valence electrons. The Morgan fingerprint density at radius 3 is 2.83 bits per heavy atom. The molecule has 2 heterocycles. The minimum atomic E-state index is 0.195. The number of hydrogen-bond acceptors (Lipinski definition) is 2. The molecular weight excluding hydrogens is 284 g/mol. The van der Waals surface area contributed by atoms with Gasteiger partial charge in [0.1, 0.15) is 0 Å². The van der Waals surface area contributed by atoms with Crippen LogP contribution in [-0.4, -0.2) is 35.8 Å². The molecule has 1 saturated heterocycles. The SMILES string of the molecule is Cc1c(Cc2ccccc2)[nH]c2c1C(=O)C1CN(C)CCC1C2. The van der Waals surface area contributed by atoms with Gasteiger partial charge >= 0.3 is 0 Å². The highest BCUT2D eigenvalue weighted by molar-refractivity contribution is 6.02. The van der Waals surface area contributed by atoms with Crippen LogP contribution < -0.4 is 0 Å². The summed E-state index contributed by atoms with van der Waals surface area (Å²) >= 11 is 0. The van der Waals surface area contributed by atoms with Gasteiger partial charge in [0.25, 0.3) is 0 Å². The fourth-order valence-electron chi connectivity index (χ4n) is 4.33. The van der Waals surface area contributed by atoms with Gasteiger partial charge < -0.3 is 9.88 Å². The minimum Gasteiger partial charge on any atom is -0.361 e. The van der Waals surface area contributed by atoms with E-state index in [2.05, 4.69) is 48.1 Å². The first-order valence-corrected chi connectivity index (χ1v) is 8.60. The molecule has 1 fully saturated rings. The van der Waals surface area contributed by atoms with Crippen LogP contribution in [0.3, 0.4) is 0 Å². The Bertz CT molecular complexity index is 732. The topological polar surface area (TPSA) is 36.1 Å². The van der Waals surface area contributed by atoms with Gasteiger partial charge in [-0.3, -0.25) is 4.79 Å². The van der Waals surface area contributed by atoms with E-state index in [0.717, 1.165) is 37.9 Å². The molecule has 2 unspecified atom stereocenters. The summed E-state index contributed by atoms with van der Waals surface area (Å²) in [6.45, 7) is 4.14. The number of Topliss-reactive ketones (excluding diaryl/α,β-unsaturated/α-hetero) is 1. The number of carbonyl (C=O) groups excluding carboxylic acids is 1. The lowest BCUT2D eigenvalue weighted by atomic mass is 9.73. The first kappa shape index (κ1) is 14.7. The lowest BCUT2D eigenvalue weighted by Gasteiger charge is -2.38. The standard InChI is InChI=1S/C20H24N2O/c1-13-17(10-14-6-4-3-5-7-14)21-18-11-15-8-9-22(2)12-16(15)20(23)19(13)18/h3-7,15-16,21H,8-12H2,1-2H3. The van der Waals surface area contributed by atoms with Crippen LogP contribution in [0.15, 0.2) is 30.3 Å². The van der Waals surface area contributed by atoms with Crippen LogP contribution in [0.2, 0.25) is 0 Å². The van der Waals surface area contributed by atoms with Crippen molar-refractivity contribution in [2.75, 3.05) is 20.1 Å². The number of piperidine rings is 1. The van der Waals surface area contributed by atoms with Gasteiger partial charge in [-0.2, -0.15) is 0 Å². The molecular formula is C20H24N2O. The average molecular weight is 308 g/mol. The van der Waals surface area contributed by atoms with Crippen molar-refractivity contribution in [3.63, 3.8) is 0 Å². The molecule has 0 radical (unpaired) electrons. The van der Waals surface area contributed by atoms with Crippen LogP contribution in [0.5, 0.6) is 0 Å². The van der Waals surface area contributed by atoms with Crippen LogP contribution in [0, 0.1) is 18.8 Å². The monoisotopic (exact) mass is 308 g/mol. The highest BCUT2D eigenvalue weighted by atomic mass is 16.1. The summed E-state index contributed by atoms with van der Waals surface area (Å²) in [5, 5.41) is 0. The Kier molecular flexibility index (Phi) is 3.61. The van der Waals surface area contributed by atoms with Crippen molar-refractivity contribution >= 4 is 5.78 Å². The number of aromatic amines is 1. The van der Waals surface area contributed by atoms with Crippen molar-refractivity contribution in [3.8, 4) is 0 Å². The molecule has 23 heavy (non-hydrogen) atoms. The van der Waals surface area contributed by atoms with Crippen LogP contribution >= 0.6 is 0 Å². The smallest absolute Gasteiger partial charge is 0.169 e. The second-order valence-electron chi connectivity index (χ2n) is 7.23. The van der Waals surface area contributed by atoms with Crippen LogP contribution in [0.1, 0.15) is 39.3 Å². The lowest BCUT2D eigenvalue weighted by Crippen LogP contribution is -2.45. The van der Waals surface area contributed by atoms with Crippen molar-refractivity contribution in [1.82, 2.24) is 9.88 Å². The molecule has 2 aromatic rings. The van der Waals surface area contributed by atoms with Gasteiger partial charge in [0.15, 0.2) is 5.78 Å². The van der Waals surface area contributed by atoms with E-state index < -0.39 is 0 Å². The molecule has 1 N–H and O–H groups in total. The fourth-order valence-corrected chi connectivity index (χ4v) is 4.33. The maximum Gasteiger partial charge on any atom is 0.169 e. The predicted octanol–water partition coefficient (Wildman–Crippen LogP) is 3.22. The van der Waals surface area contributed by atoms with Crippen LogP contribution in [0.25, 0.3) is 0 Å². The molecule has 0 saturated carbocycles. The maximum atomic E-state index is 13.0. The van der Waals surface area contributed by atoms with E-state index >= 15 is 0 Å². The van der Waals surface area contributed by atoms with Gasteiger partial charge in [0, 0.05) is 35.8 Å². The number of H-pyrrole nitrogens is 1. The number of carbonyl (C=O) groups is 1. The number of benzene rings is 1. The molecule has 1 aromatic carbocycles. The number of nitrogens with one attached hydrogen (secondary N) is 1. The van der Waals surface area contributed by atoms with Gasteiger partial charge in [-0.1, -0.05) is 30.3 Å². The Morgan fingerprint density at radius 2 is 2.04 bits per heavy atom. The average Bonchev–Trinajstić information content (AvgIpc) is 2.85. The largest absolute Gasteiger partial charge is 0.361 e. The summed E-state index contributed by atoms with van der Waals surface area (Å²) in [4.78, 5) is 18.9. The zero-order chi connectivity index (χ0) is 16.0. The Morgan fingerprint density at radius 1 is 1.26 bits per heavy atom. The highest BCUT2D eigenvalue weighted by Gasteiger charge is 2.40. The summed E-state index contributed by atoms with van der Waals surface area (Å²) < 4.78 is 0. The molecule has 1 aromatic heterocycles. The van der Waals surface area contributed by atoms with Crippen molar-refractivity contribution in [3.05, 3.63) is 58.4 Å². The Labute approximate surface area is 137 Å². The summed E-state index contributed by atoms with van der Waals surface area (Å²) in [6.07, 6.45) is 3.05. The summed E-state index contributed by atoms with van der Waals surface area (Å²) in [7, 11) is 2.13. The second kappa shape index (κ2) is 5.64. The van der Waals surface area contributed by atoms with Crippen LogP contribution in [-0.2, 0) is 12.8 Å². The Balaban J connectivity index is 1.67. The molecule has 0 bridgehead atoms. The summed E-state index contributed by atoms with van der Waals surface area (Å²) in [5.41, 5.74) is 5.84. The number of rotatable bonds is 2. The molecule has 0 amide bonds. The molecule has 1 aliphatic carbocycles. The van der Waals surface area contributed by atoms with Crippen molar-refractivity contribution in [2.24, 2.45) is 11.8 Å². The van der Waals surface area contributed by atoms with E-state index in [4.69, 9.17) is 0 Å². The highest BCUT2D eigenvalue weighted by Crippen LogP contribution is 2.37. The van der Waals surface area contributed by atoms with Crippen molar-refractivity contribution in [1.29, 1.82) is 0 Å². The first-order chi connectivity index (χ1) is 11.1. The van der Waals surface area contributed by atoms with E-state index in [9.17, 15) is 4.79 Å². The number of hydrogen-bond donors (Lipinski definition) is 1. The minimum absolute atomic E-state index is 0.195. The van der Waals surface area contributed by atoms with Gasteiger partial charge in [0.2, 0.25) is 0 Å². The van der Waals surface area contributed by atoms with Gasteiger partial charge in [-0.25, -0.2) is 0 Å². The third-order valence-corrected chi connectivity index (χ3v) is 5.66. The quantitative estimate of drug-likeness (QED) is 0.924. The van der Waals surface area contributed by atoms with Crippen molar-refractivity contribution < 1.29 is 4.79 Å². The van der Waals surface area contributed by atoms with E-state index in [0.29, 0.717) is 11.7 Å². The third kappa shape index (κ3) is 2.53. The number of aromatic nitrogens is 1. The molecule has 4 rings (SSSR count). The summed E-state index contributed by atoms with van der Waals surface area (Å²) in [5.74, 6) is 1.09. The number of nitrogens with zero attached hydrogens (tertiary/aromatic N) is 1. The Hall–Kier alpha value is -1.87. The fraction of sp³-hybridized carbons (Fsp3) is 0.450. The predicted molar refractivity (Wildman–Crippen MR) is 91.9 cm³/mol. The number of likely N-dealkylation sites (tertiary alicyclic amines) is 1. The third-order valence-electron chi connectivity index (χ3n) is 5.66. The lowest BCUT2D eigenvalue weighted by molar-refractivity contribution is 0.0705. The van der Waals surface area contributed by atoms with Crippen molar-refractivity contribution in [2.45, 2.75) is 26.2 Å². The second-order valence-corrected chi connectivity index (χ2v) is 7.23. The molecule has 0 spiro atoms. The van der Waals surface area contributed by atoms with Gasteiger partial charge in [-0.05, 0) is 50.4 Å². The van der Waals surface area contributed by atoms with E-state index in [1.165, 1.54) is 22.5 Å². The van der Waals surface area contributed by atoms with Gasteiger partial charge in [-0.15, -0.1) is 0 Å². The van der Waals surface area contributed by atoms with E-state index in [1.54, 1.807) is 0 Å². The van der Waals surface area contributed by atoms with Crippen LogP contribution in [0.4, 0.5) is 0 Å². The normalized spacial score (nSPS) is 24.3. The zero-order valence-electron chi connectivity index (χ0n) is 13.9. The first-order valence-electron chi connectivity index (χ1n) is 8.60. The molecule has 2 atom stereocenters. The summed E-state index contributed by atoms with van der Waals surface area (Å²) in [6, 6.07) is 10.5.